The molecule has 3 rings (SSSR count). The van der Waals surface area contributed by atoms with Gasteiger partial charge in [0, 0.05) is 25.5 Å². The Balaban J connectivity index is 1.56. The highest BCUT2D eigenvalue weighted by Crippen LogP contribution is 2.10. The molecular formula is C16H20N4O2. The van der Waals surface area contributed by atoms with E-state index in [2.05, 4.69) is 10.4 Å². The number of benzene rings is 1. The van der Waals surface area contributed by atoms with Crippen LogP contribution in [-0.2, 0) is 11.3 Å². The van der Waals surface area contributed by atoms with Gasteiger partial charge in [-0.25, -0.2) is 9.48 Å². The van der Waals surface area contributed by atoms with Gasteiger partial charge in [-0.05, 0) is 30.7 Å². The molecule has 1 atom stereocenters. The number of carbonyl (C=O) groups is 1. The molecule has 1 saturated heterocycles. The molecule has 2 aromatic rings. The molecule has 116 valence electrons. The molecule has 2 heterocycles. The first-order valence-corrected chi connectivity index (χ1v) is 7.45. The maximum absolute atomic E-state index is 12.2. The molecule has 6 heteroatoms. The monoisotopic (exact) mass is 300 g/mol. The first-order valence-electron chi connectivity index (χ1n) is 7.45. The number of ether oxygens (including phenoxy) is 1. The summed E-state index contributed by atoms with van der Waals surface area (Å²) >= 11 is 0. The summed E-state index contributed by atoms with van der Waals surface area (Å²) in [6.07, 6.45) is 3.65. The standard InChI is InChI=1S/C16H20N4O2/c1-13-12-22-10-9-19(13)16(21)17-11-14-3-5-15(6-4-14)20-8-2-7-18-20/h2-8,13H,9-12H2,1H3,(H,17,21). The van der Waals surface area contributed by atoms with Gasteiger partial charge in [-0.3, -0.25) is 0 Å². The first-order chi connectivity index (χ1) is 10.7. The van der Waals surface area contributed by atoms with E-state index in [0.29, 0.717) is 26.3 Å². The molecule has 1 unspecified atom stereocenters. The highest BCUT2D eigenvalue weighted by atomic mass is 16.5. The van der Waals surface area contributed by atoms with E-state index in [4.69, 9.17) is 4.74 Å². The molecule has 0 spiro atoms. The van der Waals surface area contributed by atoms with E-state index in [1.54, 1.807) is 10.9 Å². The van der Waals surface area contributed by atoms with E-state index in [0.717, 1.165) is 11.3 Å². The molecule has 1 fully saturated rings. The molecule has 1 N–H and O–H groups in total. The minimum absolute atomic E-state index is 0.0352. The van der Waals surface area contributed by atoms with Crippen molar-refractivity contribution in [2.75, 3.05) is 19.8 Å². The number of urea groups is 1. The van der Waals surface area contributed by atoms with Crippen LogP contribution in [0, 0.1) is 0 Å². The van der Waals surface area contributed by atoms with Crippen molar-refractivity contribution in [1.82, 2.24) is 20.0 Å². The Morgan fingerprint density at radius 3 is 2.91 bits per heavy atom. The maximum Gasteiger partial charge on any atom is 0.318 e. The quantitative estimate of drug-likeness (QED) is 0.940. The van der Waals surface area contributed by atoms with Gasteiger partial charge in [0.05, 0.1) is 24.9 Å². The summed E-state index contributed by atoms with van der Waals surface area (Å²) in [5.74, 6) is 0. The first kappa shape index (κ1) is 14.6. The second-order valence-corrected chi connectivity index (χ2v) is 5.39. The van der Waals surface area contributed by atoms with Crippen LogP contribution >= 0.6 is 0 Å². The third-order valence-electron chi connectivity index (χ3n) is 3.78. The minimum Gasteiger partial charge on any atom is -0.377 e. The zero-order valence-electron chi connectivity index (χ0n) is 12.6. The van der Waals surface area contributed by atoms with Gasteiger partial charge in [0.15, 0.2) is 0 Å². The lowest BCUT2D eigenvalue weighted by Crippen LogP contribution is -2.51. The topological polar surface area (TPSA) is 59.4 Å². The molecule has 0 radical (unpaired) electrons. The molecule has 1 aliphatic heterocycles. The highest BCUT2D eigenvalue weighted by Gasteiger charge is 2.23. The van der Waals surface area contributed by atoms with Gasteiger partial charge < -0.3 is 15.0 Å². The number of aromatic nitrogens is 2. The Labute approximate surface area is 129 Å². The Kier molecular flexibility index (Phi) is 4.39. The Hall–Kier alpha value is -2.34. The molecule has 0 aliphatic carbocycles. The van der Waals surface area contributed by atoms with Crippen LogP contribution in [0.1, 0.15) is 12.5 Å². The fraction of sp³-hybridized carbons (Fsp3) is 0.375. The number of hydrogen-bond acceptors (Lipinski definition) is 3. The van der Waals surface area contributed by atoms with Gasteiger partial charge >= 0.3 is 6.03 Å². The average Bonchev–Trinajstić information content (AvgIpc) is 3.08. The van der Waals surface area contributed by atoms with Crippen molar-refractivity contribution in [2.24, 2.45) is 0 Å². The molecule has 22 heavy (non-hydrogen) atoms. The summed E-state index contributed by atoms with van der Waals surface area (Å²) in [6, 6.07) is 9.96. The van der Waals surface area contributed by atoms with Gasteiger partial charge in [0.25, 0.3) is 0 Å². The lowest BCUT2D eigenvalue weighted by atomic mass is 10.2. The third-order valence-corrected chi connectivity index (χ3v) is 3.78. The number of nitrogens with one attached hydrogen (secondary N) is 1. The Morgan fingerprint density at radius 1 is 1.41 bits per heavy atom. The van der Waals surface area contributed by atoms with Crippen LogP contribution in [0.15, 0.2) is 42.7 Å². The smallest absolute Gasteiger partial charge is 0.318 e. The maximum atomic E-state index is 12.2. The van der Waals surface area contributed by atoms with Crippen LogP contribution in [0.25, 0.3) is 5.69 Å². The van der Waals surface area contributed by atoms with E-state index in [9.17, 15) is 4.79 Å². The zero-order chi connectivity index (χ0) is 15.4. The van der Waals surface area contributed by atoms with Crippen LogP contribution in [0.5, 0.6) is 0 Å². The van der Waals surface area contributed by atoms with Gasteiger partial charge in [-0.2, -0.15) is 5.10 Å². The summed E-state index contributed by atoms with van der Waals surface area (Å²) in [4.78, 5) is 14.0. The fourth-order valence-electron chi connectivity index (χ4n) is 2.50. The van der Waals surface area contributed by atoms with Gasteiger partial charge in [-0.15, -0.1) is 0 Å². The molecule has 2 amide bonds. The molecule has 0 bridgehead atoms. The number of hydrogen-bond donors (Lipinski definition) is 1. The minimum atomic E-state index is -0.0352. The predicted molar refractivity (Wildman–Crippen MR) is 82.8 cm³/mol. The largest absolute Gasteiger partial charge is 0.377 e. The van der Waals surface area contributed by atoms with E-state index in [1.807, 2.05) is 48.4 Å². The van der Waals surface area contributed by atoms with Crippen molar-refractivity contribution in [3.05, 3.63) is 48.3 Å². The van der Waals surface area contributed by atoms with E-state index in [-0.39, 0.29) is 12.1 Å². The summed E-state index contributed by atoms with van der Waals surface area (Å²) in [7, 11) is 0. The van der Waals surface area contributed by atoms with E-state index < -0.39 is 0 Å². The lowest BCUT2D eigenvalue weighted by Gasteiger charge is -2.33. The average molecular weight is 300 g/mol. The number of nitrogens with zero attached hydrogens (tertiary/aromatic N) is 3. The van der Waals surface area contributed by atoms with Crippen LogP contribution < -0.4 is 5.32 Å². The van der Waals surface area contributed by atoms with Crippen molar-refractivity contribution >= 4 is 6.03 Å². The molecule has 6 nitrogen and oxygen atoms in total. The Bertz CT molecular complexity index is 610. The molecule has 1 aliphatic rings. The summed E-state index contributed by atoms with van der Waals surface area (Å²) < 4.78 is 7.15. The van der Waals surface area contributed by atoms with E-state index in [1.165, 1.54) is 0 Å². The van der Waals surface area contributed by atoms with Gasteiger partial charge in [0.1, 0.15) is 0 Å². The molecular weight excluding hydrogens is 280 g/mol. The zero-order valence-corrected chi connectivity index (χ0v) is 12.6. The normalized spacial score (nSPS) is 18.2. The SMILES string of the molecule is CC1COCCN1C(=O)NCc1ccc(-n2cccn2)cc1. The van der Waals surface area contributed by atoms with Crippen LogP contribution in [-0.4, -0.2) is 46.5 Å². The highest BCUT2D eigenvalue weighted by molar-refractivity contribution is 5.74. The molecule has 1 aromatic heterocycles. The number of carbonyl (C=O) groups excluding carboxylic acids is 1. The summed E-state index contributed by atoms with van der Waals surface area (Å²) in [5, 5.41) is 7.15. The molecule has 1 aromatic carbocycles. The lowest BCUT2D eigenvalue weighted by molar-refractivity contribution is 0.0190. The number of rotatable bonds is 3. The van der Waals surface area contributed by atoms with Crippen molar-refractivity contribution < 1.29 is 9.53 Å². The van der Waals surface area contributed by atoms with Crippen LogP contribution in [0.2, 0.25) is 0 Å². The summed E-state index contributed by atoms with van der Waals surface area (Å²) in [6.45, 7) is 4.37. The van der Waals surface area contributed by atoms with Crippen LogP contribution in [0.3, 0.4) is 0 Å². The fourth-order valence-corrected chi connectivity index (χ4v) is 2.50. The van der Waals surface area contributed by atoms with Crippen molar-refractivity contribution in [3.8, 4) is 5.69 Å². The van der Waals surface area contributed by atoms with Gasteiger partial charge in [-0.1, -0.05) is 12.1 Å². The second-order valence-electron chi connectivity index (χ2n) is 5.39. The molecule has 0 saturated carbocycles. The van der Waals surface area contributed by atoms with Crippen molar-refractivity contribution in [3.63, 3.8) is 0 Å². The van der Waals surface area contributed by atoms with E-state index >= 15 is 0 Å². The van der Waals surface area contributed by atoms with Crippen molar-refractivity contribution in [1.29, 1.82) is 0 Å². The van der Waals surface area contributed by atoms with Gasteiger partial charge in [0.2, 0.25) is 0 Å². The predicted octanol–water partition coefficient (Wildman–Crippen LogP) is 1.80. The Morgan fingerprint density at radius 2 is 2.23 bits per heavy atom. The number of morpholine rings is 1. The second kappa shape index (κ2) is 6.62. The number of amides is 2. The third kappa shape index (κ3) is 3.28. The summed E-state index contributed by atoms with van der Waals surface area (Å²) in [5.41, 5.74) is 2.06. The van der Waals surface area contributed by atoms with Crippen molar-refractivity contribution in [2.45, 2.75) is 19.5 Å². The van der Waals surface area contributed by atoms with Crippen LogP contribution in [0.4, 0.5) is 4.79 Å².